The minimum Gasteiger partial charge on any atom is -0.361 e. The van der Waals surface area contributed by atoms with E-state index >= 15 is 0 Å². The SMILES string of the molecule is Cc1noc(C)c1-c1cc(NC(=O)Cc2ccccc2Cl)cc(S(N)(=O)=O)c1. The van der Waals surface area contributed by atoms with Crippen molar-refractivity contribution in [3.05, 3.63) is 64.5 Å². The number of hydrogen-bond acceptors (Lipinski definition) is 5. The van der Waals surface area contributed by atoms with Crippen molar-refractivity contribution >= 4 is 33.2 Å². The fourth-order valence-corrected chi connectivity index (χ4v) is 3.68. The van der Waals surface area contributed by atoms with Crippen LogP contribution in [0.15, 0.2) is 51.9 Å². The zero-order valence-corrected chi connectivity index (χ0v) is 16.8. The molecule has 0 saturated carbocycles. The Hall–Kier alpha value is -2.68. The minimum absolute atomic E-state index is 0.0416. The van der Waals surface area contributed by atoms with E-state index in [1.165, 1.54) is 12.1 Å². The van der Waals surface area contributed by atoms with Crippen LogP contribution in [0.5, 0.6) is 0 Å². The Kier molecular flexibility index (Phi) is 5.55. The first-order chi connectivity index (χ1) is 13.1. The second-order valence-corrected chi connectivity index (χ2v) is 8.28. The Bertz CT molecular complexity index is 1140. The van der Waals surface area contributed by atoms with Crippen LogP contribution in [0.4, 0.5) is 5.69 Å². The first kappa shape index (κ1) is 20.1. The maximum absolute atomic E-state index is 12.4. The molecule has 0 aliphatic rings. The number of benzene rings is 2. The van der Waals surface area contributed by atoms with Gasteiger partial charge in [0.25, 0.3) is 0 Å². The molecule has 3 N–H and O–H groups in total. The molecule has 0 unspecified atom stereocenters. The number of primary sulfonamides is 1. The fraction of sp³-hybridized carbons (Fsp3) is 0.158. The molecule has 1 aromatic heterocycles. The number of carbonyl (C=O) groups is 1. The van der Waals surface area contributed by atoms with Gasteiger partial charge in [0.15, 0.2) is 0 Å². The summed E-state index contributed by atoms with van der Waals surface area (Å²) in [6, 6.07) is 11.4. The Labute approximate surface area is 167 Å². The number of nitrogens with two attached hydrogens (primary N) is 1. The van der Waals surface area contributed by atoms with Crippen molar-refractivity contribution in [2.24, 2.45) is 5.14 Å². The van der Waals surface area contributed by atoms with Gasteiger partial charge in [0, 0.05) is 16.3 Å². The van der Waals surface area contributed by atoms with Gasteiger partial charge in [-0.05, 0) is 49.2 Å². The minimum atomic E-state index is -3.99. The smallest absolute Gasteiger partial charge is 0.238 e. The van der Waals surface area contributed by atoms with Crippen LogP contribution >= 0.6 is 11.6 Å². The standard InChI is InChI=1S/C19H18ClN3O4S/c1-11-19(12(2)27-23-11)14-7-15(10-16(8-14)28(21,25)26)22-18(24)9-13-5-3-4-6-17(13)20/h3-8,10H,9H2,1-2H3,(H,22,24)(H2,21,25,26). The van der Waals surface area contributed by atoms with Crippen molar-refractivity contribution in [3.63, 3.8) is 0 Å². The fourth-order valence-electron chi connectivity index (χ4n) is 2.89. The van der Waals surface area contributed by atoms with E-state index in [-0.39, 0.29) is 17.2 Å². The van der Waals surface area contributed by atoms with E-state index in [9.17, 15) is 13.2 Å². The van der Waals surface area contributed by atoms with Crippen LogP contribution in [-0.2, 0) is 21.2 Å². The molecule has 3 aromatic rings. The third-order valence-electron chi connectivity index (χ3n) is 4.15. The van der Waals surface area contributed by atoms with Gasteiger partial charge in [-0.15, -0.1) is 0 Å². The average molecular weight is 420 g/mol. The first-order valence-electron chi connectivity index (χ1n) is 8.29. The summed E-state index contributed by atoms with van der Waals surface area (Å²) in [6.07, 6.45) is 0.0416. The first-order valence-corrected chi connectivity index (χ1v) is 10.2. The molecule has 0 fully saturated rings. The molecule has 7 nitrogen and oxygen atoms in total. The number of anilines is 1. The monoisotopic (exact) mass is 419 g/mol. The molecule has 0 bridgehead atoms. The van der Waals surface area contributed by atoms with E-state index in [0.29, 0.717) is 38.9 Å². The lowest BCUT2D eigenvalue weighted by Crippen LogP contribution is -2.16. The lowest BCUT2D eigenvalue weighted by atomic mass is 10.0. The van der Waals surface area contributed by atoms with Crippen molar-refractivity contribution in [2.75, 3.05) is 5.32 Å². The molecule has 9 heteroatoms. The normalized spacial score (nSPS) is 11.4. The van der Waals surface area contributed by atoms with E-state index in [0.717, 1.165) is 0 Å². The highest BCUT2D eigenvalue weighted by Crippen LogP contribution is 2.31. The van der Waals surface area contributed by atoms with Crippen molar-refractivity contribution in [3.8, 4) is 11.1 Å². The topological polar surface area (TPSA) is 115 Å². The maximum Gasteiger partial charge on any atom is 0.238 e. The zero-order chi connectivity index (χ0) is 20.5. The Morgan fingerprint density at radius 3 is 2.54 bits per heavy atom. The van der Waals surface area contributed by atoms with Gasteiger partial charge >= 0.3 is 0 Å². The molecule has 0 radical (unpaired) electrons. The lowest BCUT2D eigenvalue weighted by Gasteiger charge is -2.11. The third kappa shape index (κ3) is 4.41. The van der Waals surface area contributed by atoms with E-state index in [1.807, 2.05) is 0 Å². The molecule has 0 atom stereocenters. The number of amides is 1. The summed E-state index contributed by atoms with van der Waals surface area (Å²) in [5, 5.41) is 12.4. The van der Waals surface area contributed by atoms with Crippen LogP contribution in [0.25, 0.3) is 11.1 Å². The molecule has 0 saturated heterocycles. The molecule has 3 rings (SSSR count). The van der Waals surface area contributed by atoms with Gasteiger partial charge in [0.2, 0.25) is 15.9 Å². The van der Waals surface area contributed by atoms with E-state index in [4.69, 9.17) is 21.3 Å². The molecule has 0 aliphatic heterocycles. The van der Waals surface area contributed by atoms with Gasteiger partial charge in [-0.1, -0.05) is 35.0 Å². The number of aryl methyl sites for hydroxylation is 2. The largest absolute Gasteiger partial charge is 0.361 e. The summed E-state index contributed by atoms with van der Waals surface area (Å²) in [5.41, 5.74) is 2.72. The van der Waals surface area contributed by atoms with E-state index < -0.39 is 10.0 Å². The number of hydrogen-bond donors (Lipinski definition) is 2. The maximum atomic E-state index is 12.4. The van der Waals surface area contributed by atoms with Crippen LogP contribution in [0.1, 0.15) is 17.0 Å². The van der Waals surface area contributed by atoms with E-state index in [2.05, 4.69) is 10.5 Å². The molecule has 146 valence electrons. The Morgan fingerprint density at radius 2 is 1.93 bits per heavy atom. The predicted molar refractivity (Wildman–Crippen MR) is 107 cm³/mol. The van der Waals surface area contributed by atoms with Gasteiger partial charge in [-0.25, -0.2) is 13.6 Å². The lowest BCUT2D eigenvalue weighted by molar-refractivity contribution is -0.115. The highest BCUT2D eigenvalue weighted by atomic mass is 35.5. The average Bonchev–Trinajstić information content (AvgIpc) is 2.94. The summed E-state index contributed by atoms with van der Waals surface area (Å²) in [7, 11) is -3.99. The molecule has 0 spiro atoms. The van der Waals surface area contributed by atoms with Crippen molar-refractivity contribution in [1.82, 2.24) is 5.16 Å². The quantitative estimate of drug-likeness (QED) is 0.657. The van der Waals surface area contributed by atoms with Crippen molar-refractivity contribution in [1.29, 1.82) is 0 Å². The number of sulfonamides is 1. The highest BCUT2D eigenvalue weighted by Gasteiger charge is 2.18. The number of nitrogens with one attached hydrogen (secondary N) is 1. The van der Waals surface area contributed by atoms with Crippen LogP contribution < -0.4 is 10.5 Å². The number of aromatic nitrogens is 1. The number of rotatable bonds is 5. The van der Waals surface area contributed by atoms with Gasteiger partial charge in [0.1, 0.15) is 5.76 Å². The number of carbonyl (C=O) groups excluding carboxylic acids is 1. The summed E-state index contributed by atoms with van der Waals surface area (Å²) >= 11 is 6.09. The molecule has 2 aromatic carbocycles. The summed E-state index contributed by atoms with van der Waals surface area (Å²) in [6.45, 7) is 3.46. The molecule has 1 heterocycles. The second kappa shape index (κ2) is 7.75. The second-order valence-electron chi connectivity index (χ2n) is 6.31. The third-order valence-corrected chi connectivity index (χ3v) is 5.41. The summed E-state index contributed by atoms with van der Waals surface area (Å²) < 4.78 is 29.0. The summed E-state index contributed by atoms with van der Waals surface area (Å²) in [4.78, 5) is 12.3. The van der Waals surface area contributed by atoms with Gasteiger partial charge < -0.3 is 9.84 Å². The highest BCUT2D eigenvalue weighted by molar-refractivity contribution is 7.89. The van der Waals surface area contributed by atoms with Crippen LogP contribution in [0, 0.1) is 13.8 Å². The van der Waals surface area contributed by atoms with Crippen molar-refractivity contribution in [2.45, 2.75) is 25.2 Å². The molecule has 0 aliphatic carbocycles. The molecular weight excluding hydrogens is 402 g/mol. The molecule has 28 heavy (non-hydrogen) atoms. The van der Waals surface area contributed by atoms with Gasteiger partial charge in [-0.3, -0.25) is 4.79 Å². The van der Waals surface area contributed by atoms with E-state index in [1.54, 1.807) is 44.2 Å². The van der Waals surface area contributed by atoms with Crippen molar-refractivity contribution < 1.29 is 17.7 Å². The van der Waals surface area contributed by atoms with Crippen LogP contribution in [-0.4, -0.2) is 19.5 Å². The molecule has 1 amide bonds. The van der Waals surface area contributed by atoms with Gasteiger partial charge in [-0.2, -0.15) is 0 Å². The number of halogens is 1. The zero-order valence-electron chi connectivity index (χ0n) is 15.2. The molecular formula is C19H18ClN3O4S. The predicted octanol–water partition coefficient (Wildman–Crippen LogP) is 3.44. The van der Waals surface area contributed by atoms with Gasteiger partial charge in [0.05, 0.1) is 17.0 Å². The van der Waals surface area contributed by atoms with Crippen LogP contribution in [0.2, 0.25) is 5.02 Å². The summed E-state index contributed by atoms with van der Waals surface area (Å²) in [5.74, 6) is 0.182. The number of nitrogens with zero attached hydrogens (tertiary/aromatic N) is 1. The Morgan fingerprint density at radius 1 is 1.21 bits per heavy atom. The Balaban J connectivity index is 1.97. The van der Waals surface area contributed by atoms with Crippen LogP contribution in [0.3, 0.4) is 0 Å².